The lowest BCUT2D eigenvalue weighted by atomic mass is 10.1. The number of aliphatic carboxylic acids is 1. The third kappa shape index (κ3) is 3.65. The van der Waals surface area contributed by atoms with Gasteiger partial charge in [0.1, 0.15) is 10.9 Å². The van der Waals surface area contributed by atoms with Gasteiger partial charge in [0, 0.05) is 12.1 Å². The second kappa shape index (κ2) is 8.11. The first kappa shape index (κ1) is 20.0. The van der Waals surface area contributed by atoms with Crippen molar-refractivity contribution in [2.45, 2.75) is 13.3 Å². The van der Waals surface area contributed by atoms with Crippen LogP contribution in [0.1, 0.15) is 18.9 Å². The molecular weight excluding hydrogens is 404 g/mol. The number of carboxylic acid groups (broad SMARTS) is 1. The van der Waals surface area contributed by atoms with E-state index in [1.807, 2.05) is 0 Å². The summed E-state index contributed by atoms with van der Waals surface area (Å²) < 4.78 is 5.13. The van der Waals surface area contributed by atoms with Crippen molar-refractivity contribution in [2.75, 3.05) is 24.6 Å². The van der Waals surface area contributed by atoms with Gasteiger partial charge in [0.05, 0.1) is 29.2 Å². The molecule has 0 atom stereocenters. The molecule has 8 nitrogen and oxygen atoms in total. The van der Waals surface area contributed by atoms with Crippen molar-refractivity contribution in [1.82, 2.24) is 4.90 Å². The Bertz CT molecular complexity index is 926. The molecule has 1 fully saturated rings. The zero-order chi connectivity index (χ0) is 20.4. The van der Waals surface area contributed by atoms with Crippen molar-refractivity contribution in [3.63, 3.8) is 0 Å². The SMILES string of the molecule is CCOC(=O)CN1C(=O)C(=C2SC(=S)N(CCC(=O)O)C2=O)c2ccccc21. The largest absolute Gasteiger partial charge is 0.481 e. The Morgan fingerprint density at radius 1 is 1.18 bits per heavy atom. The second-order valence-electron chi connectivity index (χ2n) is 5.89. The van der Waals surface area contributed by atoms with E-state index < -0.39 is 23.8 Å². The molecule has 3 rings (SSSR count). The third-order valence-corrected chi connectivity index (χ3v) is 5.59. The quantitative estimate of drug-likeness (QED) is 0.421. The lowest BCUT2D eigenvalue weighted by Gasteiger charge is -2.15. The van der Waals surface area contributed by atoms with Crippen LogP contribution in [0, 0.1) is 0 Å². The molecule has 0 bridgehead atoms. The van der Waals surface area contributed by atoms with Gasteiger partial charge in [-0.3, -0.25) is 29.0 Å². The molecule has 0 spiro atoms. The molecule has 2 aliphatic rings. The van der Waals surface area contributed by atoms with Crippen LogP contribution in [-0.2, 0) is 23.9 Å². The Balaban J connectivity index is 1.98. The molecule has 0 saturated carbocycles. The fourth-order valence-electron chi connectivity index (χ4n) is 2.94. The molecule has 2 heterocycles. The number of carbonyl (C=O) groups excluding carboxylic acids is 3. The van der Waals surface area contributed by atoms with Gasteiger partial charge in [-0.2, -0.15) is 0 Å². The zero-order valence-corrected chi connectivity index (χ0v) is 16.5. The van der Waals surface area contributed by atoms with Gasteiger partial charge >= 0.3 is 11.9 Å². The summed E-state index contributed by atoms with van der Waals surface area (Å²) in [5.74, 6) is -2.61. The minimum absolute atomic E-state index is 0.0703. The molecule has 0 radical (unpaired) electrons. The van der Waals surface area contributed by atoms with Gasteiger partial charge in [-0.25, -0.2) is 0 Å². The molecule has 1 aromatic carbocycles. The van der Waals surface area contributed by atoms with Crippen LogP contribution in [0.2, 0.25) is 0 Å². The van der Waals surface area contributed by atoms with E-state index in [2.05, 4.69) is 0 Å². The van der Waals surface area contributed by atoms with E-state index in [1.165, 1.54) is 9.80 Å². The van der Waals surface area contributed by atoms with Crippen LogP contribution < -0.4 is 4.90 Å². The van der Waals surface area contributed by atoms with E-state index in [9.17, 15) is 19.2 Å². The number of carboxylic acids is 1. The number of fused-ring (bicyclic) bond motifs is 1. The number of anilines is 1. The fraction of sp³-hybridized carbons (Fsp3) is 0.278. The number of nitrogens with zero attached hydrogens (tertiary/aromatic N) is 2. The number of rotatable bonds is 6. The first-order valence-electron chi connectivity index (χ1n) is 8.41. The normalized spacial score (nSPS) is 18.7. The zero-order valence-electron chi connectivity index (χ0n) is 14.8. The van der Waals surface area contributed by atoms with Crippen molar-refractivity contribution in [1.29, 1.82) is 0 Å². The first-order chi connectivity index (χ1) is 13.3. The Hall–Kier alpha value is -2.72. The monoisotopic (exact) mass is 420 g/mol. The Morgan fingerprint density at radius 3 is 2.57 bits per heavy atom. The number of para-hydroxylation sites is 1. The van der Waals surface area contributed by atoms with Gasteiger partial charge < -0.3 is 9.84 Å². The minimum Gasteiger partial charge on any atom is -0.481 e. The van der Waals surface area contributed by atoms with Gasteiger partial charge in [-0.1, -0.05) is 42.2 Å². The van der Waals surface area contributed by atoms with Crippen LogP contribution in [0.5, 0.6) is 0 Å². The molecular formula is C18H16N2O6S2. The molecule has 1 N–H and O–H groups in total. The predicted molar refractivity (Wildman–Crippen MR) is 107 cm³/mol. The highest BCUT2D eigenvalue weighted by Gasteiger charge is 2.42. The van der Waals surface area contributed by atoms with Crippen molar-refractivity contribution < 1.29 is 29.0 Å². The average molecular weight is 420 g/mol. The summed E-state index contributed by atoms with van der Waals surface area (Å²) in [6, 6.07) is 6.83. The Labute approximate surface area is 170 Å². The van der Waals surface area contributed by atoms with Crippen LogP contribution in [0.15, 0.2) is 29.2 Å². The molecule has 146 valence electrons. The summed E-state index contributed by atoms with van der Waals surface area (Å²) in [5.41, 5.74) is 1.19. The molecule has 0 unspecified atom stereocenters. The highest BCUT2D eigenvalue weighted by molar-refractivity contribution is 8.26. The number of hydrogen-bond donors (Lipinski definition) is 1. The van der Waals surface area contributed by atoms with E-state index in [4.69, 9.17) is 22.1 Å². The number of thioether (sulfide) groups is 1. The van der Waals surface area contributed by atoms with Gasteiger partial charge in [-0.15, -0.1) is 0 Å². The van der Waals surface area contributed by atoms with E-state index in [1.54, 1.807) is 31.2 Å². The maximum absolute atomic E-state index is 13.1. The number of benzene rings is 1. The van der Waals surface area contributed by atoms with Gasteiger partial charge in [0.15, 0.2) is 0 Å². The predicted octanol–water partition coefficient (Wildman–Crippen LogP) is 1.64. The number of amides is 2. The lowest BCUT2D eigenvalue weighted by molar-refractivity contribution is -0.142. The molecule has 10 heteroatoms. The highest BCUT2D eigenvalue weighted by atomic mass is 32.2. The number of carbonyl (C=O) groups is 4. The highest BCUT2D eigenvalue weighted by Crippen LogP contribution is 2.44. The maximum atomic E-state index is 13.1. The van der Waals surface area contributed by atoms with Crippen LogP contribution in [-0.4, -0.2) is 57.8 Å². The Kier molecular flexibility index (Phi) is 5.80. The van der Waals surface area contributed by atoms with Crippen molar-refractivity contribution in [3.8, 4) is 0 Å². The number of ether oxygens (including phenoxy) is 1. The van der Waals surface area contributed by atoms with E-state index in [-0.39, 0.29) is 40.9 Å². The summed E-state index contributed by atoms with van der Waals surface area (Å²) in [7, 11) is 0. The summed E-state index contributed by atoms with van der Waals surface area (Å²) in [4.78, 5) is 51.2. The van der Waals surface area contributed by atoms with E-state index in [0.29, 0.717) is 11.3 Å². The number of esters is 1. The average Bonchev–Trinajstić information content (AvgIpc) is 3.07. The summed E-state index contributed by atoms with van der Waals surface area (Å²) in [6.07, 6.45) is -0.255. The standard InChI is InChI=1S/C18H16N2O6S2/c1-2-26-13(23)9-20-11-6-4-3-5-10(11)14(16(20)24)15-17(25)19(18(27)28-15)8-7-12(21)22/h3-6H,2,7-9H2,1H3,(H,21,22). The second-order valence-corrected chi connectivity index (χ2v) is 7.53. The summed E-state index contributed by atoms with van der Waals surface area (Å²) in [5, 5.41) is 8.85. The number of thiocarbonyl (C=S) groups is 1. The number of hydrogen-bond acceptors (Lipinski definition) is 7. The van der Waals surface area contributed by atoms with Crippen LogP contribution in [0.25, 0.3) is 5.57 Å². The van der Waals surface area contributed by atoms with E-state index >= 15 is 0 Å². The van der Waals surface area contributed by atoms with Crippen LogP contribution in [0.4, 0.5) is 5.69 Å². The van der Waals surface area contributed by atoms with Gasteiger partial charge in [0.2, 0.25) is 0 Å². The molecule has 1 aromatic rings. The fourth-order valence-corrected chi connectivity index (χ4v) is 4.32. The molecule has 2 amide bonds. The molecule has 1 saturated heterocycles. The lowest BCUT2D eigenvalue weighted by Crippen LogP contribution is -2.34. The van der Waals surface area contributed by atoms with Crippen molar-refractivity contribution in [3.05, 3.63) is 34.7 Å². The molecule has 2 aliphatic heterocycles. The van der Waals surface area contributed by atoms with Gasteiger partial charge in [-0.05, 0) is 13.0 Å². The topological polar surface area (TPSA) is 104 Å². The van der Waals surface area contributed by atoms with Crippen LogP contribution >= 0.6 is 24.0 Å². The van der Waals surface area contributed by atoms with E-state index in [0.717, 1.165) is 11.8 Å². The van der Waals surface area contributed by atoms with Crippen LogP contribution in [0.3, 0.4) is 0 Å². The maximum Gasteiger partial charge on any atom is 0.326 e. The molecule has 28 heavy (non-hydrogen) atoms. The third-order valence-electron chi connectivity index (χ3n) is 4.14. The van der Waals surface area contributed by atoms with Crippen molar-refractivity contribution >= 4 is 63.3 Å². The summed E-state index contributed by atoms with van der Waals surface area (Å²) in [6.45, 7) is 1.52. The Morgan fingerprint density at radius 2 is 1.89 bits per heavy atom. The minimum atomic E-state index is -1.05. The van der Waals surface area contributed by atoms with Gasteiger partial charge in [0.25, 0.3) is 11.8 Å². The summed E-state index contributed by atoms with van der Waals surface area (Å²) >= 11 is 6.16. The first-order valence-corrected chi connectivity index (χ1v) is 9.64. The molecule has 0 aromatic heterocycles. The smallest absolute Gasteiger partial charge is 0.326 e. The molecule has 0 aliphatic carbocycles. The van der Waals surface area contributed by atoms with Crippen molar-refractivity contribution in [2.24, 2.45) is 0 Å².